The smallest absolute Gasteiger partial charge is 0.251 e. The van der Waals surface area contributed by atoms with Gasteiger partial charge in [-0.3, -0.25) is 4.79 Å². The molecule has 0 saturated heterocycles. The fourth-order valence-corrected chi connectivity index (χ4v) is 6.46. The molecule has 38 heavy (non-hydrogen) atoms. The van der Waals surface area contributed by atoms with Gasteiger partial charge >= 0.3 is 0 Å². The van der Waals surface area contributed by atoms with Gasteiger partial charge in [0, 0.05) is 52.4 Å². The zero-order valence-electron chi connectivity index (χ0n) is 21.6. The summed E-state index contributed by atoms with van der Waals surface area (Å²) in [6.07, 6.45) is 3.39. The summed E-state index contributed by atoms with van der Waals surface area (Å²) in [5, 5.41) is 6.93. The maximum atomic E-state index is 12.8. The number of amides is 1. The van der Waals surface area contributed by atoms with E-state index >= 15 is 0 Å². The van der Waals surface area contributed by atoms with E-state index < -0.39 is 10.0 Å². The molecule has 0 aliphatic carbocycles. The van der Waals surface area contributed by atoms with Crippen molar-refractivity contribution >= 4 is 48.5 Å². The van der Waals surface area contributed by atoms with Crippen LogP contribution in [0.5, 0.6) is 0 Å². The fourth-order valence-electron chi connectivity index (χ4n) is 5.16. The first kappa shape index (κ1) is 25.9. The monoisotopic (exact) mass is 527 g/mol. The molecule has 5 rings (SSSR count). The molecule has 196 valence electrons. The Hall–Kier alpha value is -3.68. The van der Waals surface area contributed by atoms with E-state index in [-0.39, 0.29) is 5.91 Å². The third-order valence-corrected chi connectivity index (χ3v) is 8.59. The van der Waals surface area contributed by atoms with Crippen LogP contribution in [0.1, 0.15) is 43.0 Å². The van der Waals surface area contributed by atoms with Crippen molar-refractivity contribution in [3.8, 4) is 0 Å². The second-order valence-corrected chi connectivity index (χ2v) is 11.3. The van der Waals surface area contributed by atoms with Gasteiger partial charge in [-0.15, -0.1) is 0 Å². The molecule has 0 bridgehead atoms. The number of hydrogen-bond donors (Lipinski definition) is 2. The first-order chi connectivity index (χ1) is 18.5. The Morgan fingerprint density at radius 3 is 2.24 bits per heavy atom. The number of nitrogens with zero attached hydrogens (tertiary/aromatic N) is 1. The van der Waals surface area contributed by atoms with Crippen molar-refractivity contribution in [1.29, 1.82) is 0 Å². The molecule has 1 aromatic heterocycles. The standard InChI is InChI=1S/C31H33N3O3S/c1-2-34-28-16-8-7-15-26(28)27-22-24(18-19-29(27)34)31(35)32-20-9-3-4-10-21-33-38(36,37)30-17-11-13-23-12-5-6-14-25(23)30/h5-8,11-19,22,33H,2-4,9-10,20-21H2,1H3,(H,32,35). The van der Waals surface area contributed by atoms with Gasteiger partial charge in [-0.25, -0.2) is 13.1 Å². The van der Waals surface area contributed by atoms with Crippen LogP contribution in [0.3, 0.4) is 0 Å². The van der Waals surface area contributed by atoms with Gasteiger partial charge < -0.3 is 9.88 Å². The fraction of sp³-hybridized carbons (Fsp3) is 0.258. The summed E-state index contributed by atoms with van der Waals surface area (Å²) in [6.45, 7) is 3.99. The zero-order valence-corrected chi connectivity index (χ0v) is 22.4. The van der Waals surface area contributed by atoms with Gasteiger partial charge in [0.25, 0.3) is 5.91 Å². The van der Waals surface area contributed by atoms with E-state index in [0.717, 1.165) is 59.3 Å². The van der Waals surface area contributed by atoms with Crippen LogP contribution in [0.15, 0.2) is 89.8 Å². The van der Waals surface area contributed by atoms with Crippen LogP contribution in [-0.2, 0) is 16.6 Å². The Morgan fingerprint density at radius 2 is 1.42 bits per heavy atom. The summed E-state index contributed by atoms with van der Waals surface area (Å²) < 4.78 is 30.6. The van der Waals surface area contributed by atoms with Crippen LogP contribution < -0.4 is 10.0 Å². The summed E-state index contributed by atoms with van der Waals surface area (Å²) >= 11 is 0. The normalized spacial score (nSPS) is 11.9. The van der Waals surface area contributed by atoms with Crippen molar-refractivity contribution in [2.24, 2.45) is 0 Å². The number of carbonyl (C=O) groups is 1. The minimum atomic E-state index is -3.56. The lowest BCUT2D eigenvalue weighted by atomic mass is 10.1. The molecule has 0 spiro atoms. The number of aromatic nitrogens is 1. The highest BCUT2D eigenvalue weighted by atomic mass is 32.2. The van der Waals surface area contributed by atoms with Gasteiger partial charge in [-0.1, -0.05) is 67.4 Å². The molecule has 0 atom stereocenters. The highest BCUT2D eigenvalue weighted by Crippen LogP contribution is 2.29. The molecule has 1 heterocycles. The van der Waals surface area contributed by atoms with Crippen molar-refractivity contribution in [2.45, 2.75) is 44.0 Å². The number of hydrogen-bond acceptors (Lipinski definition) is 3. The lowest BCUT2D eigenvalue weighted by Gasteiger charge is -2.10. The molecule has 0 unspecified atom stereocenters. The van der Waals surface area contributed by atoms with E-state index in [4.69, 9.17) is 0 Å². The lowest BCUT2D eigenvalue weighted by molar-refractivity contribution is 0.0953. The maximum absolute atomic E-state index is 12.8. The quantitative estimate of drug-likeness (QED) is 0.200. The van der Waals surface area contributed by atoms with Gasteiger partial charge in [0.15, 0.2) is 0 Å². The molecule has 1 amide bonds. The number of sulfonamides is 1. The molecular weight excluding hydrogens is 494 g/mol. The molecule has 0 aliphatic rings. The van der Waals surface area contributed by atoms with Crippen molar-refractivity contribution < 1.29 is 13.2 Å². The number of unbranched alkanes of at least 4 members (excludes halogenated alkanes) is 3. The molecule has 7 heteroatoms. The molecule has 0 fully saturated rings. The number of carbonyl (C=O) groups excluding carboxylic acids is 1. The minimum Gasteiger partial charge on any atom is -0.352 e. The number of aryl methyl sites for hydroxylation is 1. The third kappa shape index (κ3) is 5.30. The Morgan fingerprint density at radius 1 is 0.737 bits per heavy atom. The largest absolute Gasteiger partial charge is 0.352 e. The van der Waals surface area contributed by atoms with Crippen molar-refractivity contribution in [1.82, 2.24) is 14.6 Å². The van der Waals surface area contributed by atoms with Crippen LogP contribution in [0.4, 0.5) is 0 Å². The van der Waals surface area contributed by atoms with Gasteiger partial charge in [-0.2, -0.15) is 0 Å². The topological polar surface area (TPSA) is 80.2 Å². The number of fused-ring (bicyclic) bond motifs is 4. The molecule has 4 aromatic carbocycles. The van der Waals surface area contributed by atoms with E-state index in [9.17, 15) is 13.2 Å². The van der Waals surface area contributed by atoms with Crippen LogP contribution in [0.2, 0.25) is 0 Å². The Labute approximate surface area is 223 Å². The Kier molecular flexibility index (Phi) is 7.77. The van der Waals surface area contributed by atoms with Crippen molar-refractivity contribution in [3.05, 3.63) is 90.5 Å². The summed E-state index contributed by atoms with van der Waals surface area (Å²) in [5.41, 5.74) is 2.99. The van der Waals surface area contributed by atoms with Crippen LogP contribution in [0, 0.1) is 0 Å². The average Bonchev–Trinajstić information content (AvgIpc) is 3.27. The first-order valence-corrected chi connectivity index (χ1v) is 14.7. The second kappa shape index (κ2) is 11.4. The van der Waals surface area contributed by atoms with E-state index in [1.807, 2.05) is 60.7 Å². The number of benzene rings is 4. The van der Waals surface area contributed by atoms with Gasteiger partial charge in [-0.05, 0) is 55.5 Å². The SMILES string of the molecule is CCn1c2ccccc2c2cc(C(=O)NCCCCCCNS(=O)(=O)c3cccc4ccccc34)ccc21. The van der Waals surface area contributed by atoms with Gasteiger partial charge in [0.1, 0.15) is 0 Å². The van der Waals surface area contributed by atoms with Crippen LogP contribution in [-0.4, -0.2) is 32.0 Å². The van der Waals surface area contributed by atoms with Crippen molar-refractivity contribution in [2.75, 3.05) is 13.1 Å². The summed E-state index contributed by atoms with van der Waals surface area (Å²) in [7, 11) is -3.56. The number of para-hydroxylation sites is 1. The molecule has 0 radical (unpaired) electrons. The number of rotatable bonds is 11. The minimum absolute atomic E-state index is 0.0666. The predicted octanol–water partition coefficient (Wildman–Crippen LogP) is 6.24. The van der Waals surface area contributed by atoms with E-state index in [2.05, 4.69) is 33.7 Å². The van der Waals surface area contributed by atoms with Crippen molar-refractivity contribution in [3.63, 3.8) is 0 Å². The lowest BCUT2D eigenvalue weighted by Crippen LogP contribution is -2.25. The molecule has 2 N–H and O–H groups in total. The zero-order chi connectivity index (χ0) is 26.5. The Balaban J connectivity index is 1.08. The van der Waals surface area contributed by atoms with E-state index in [1.165, 1.54) is 5.52 Å². The molecule has 5 aromatic rings. The van der Waals surface area contributed by atoms with Crippen LogP contribution >= 0.6 is 0 Å². The molecular formula is C31H33N3O3S. The average molecular weight is 528 g/mol. The van der Waals surface area contributed by atoms with E-state index in [1.54, 1.807) is 12.1 Å². The maximum Gasteiger partial charge on any atom is 0.251 e. The highest BCUT2D eigenvalue weighted by Gasteiger charge is 2.16. The third-order valence-electron chi connectivity index (χ3n) is 7.07. The van der Waals surface area contributed by atoms with Gasteiger partial charge in [0.05, 0.1) is 4.90 Å². The van der Waals surface area contributed by atoms with Crippen LogP contribution in [0.25, 0.3) is 32.6 Å². The predicted molar refractivity (Wildman–Crippen MR) is 155 cm³/mol. The highest BCUT2D eigenvalue weighted by molar-refractivity contribution is 7.89. The molecule has 0 aliphatic heterocycles. The first-order valence-electron chi connectivity index (χ1n) is 13.3. The summed E-state index contributed by atoms with van der Waals surface area (Å²) in [5.74, 6) is -0.0666. The molecule has 6 nitrogen and oxygen atoms in total. The summed E-state index contributed by atoms with van der Waals surface area (Å²) in [4.78, 5) is 13.1. The Bertz CT molecular complexity index is 1700. The number of nitrogens with one attached hydrogen (secondary N) is 2. The second-order valence-electron chi connectivity index (χ2n) is 9.54. The molecule has 0 saturated carbocycles. The van der Waals surface area contributed by atoms with E-state index in [0.29, 0.717) is 23.5 Å². The van der Waals surface area contributed by atoms with Gasteiger partial charge in [0.2, 0.25) is 10.0 Å². The summed E-state index contributed by atoms with van der Waals surface area (Å²) in [6, 6.07) is 27.0.